The molecule has 2 rings (SSSR count). The highest BCUT2D eigenvalue weighted by atomic mass is 16.2. The molecule has 1 aliphatic heterocycles. The standard InChI is InChI=1S/C22H31N3O3/c1-5-6-7-10-20(27)24-21(15(2)3)22(28)23-18-12-11-17-9-8-13-25(16(4)26)19(17)14-18/h5,11-12,14-15,21H,1,6-10,13H2,2-4H3,(H,23,28)(H,24,27)/t21-/m0/s1. The van der Waals surface area contributed by atoms with Gasteiger partial charge in [0.05, 0.1) is 0 Å². The highest BCUT2D eigenvalue weighted by Gasteiger charge is 2.25. The highest BCUT2D eigenvalue weighted by Crippen LogP contribution is 2.30. The number of allylic oxidation sites excluding steroid dienone is 1. The van der Waals surface area contributed by atoms with Crippen molar-refractivity contribution < 1.29 is 14.4 Å². The van der Waals surface area contributed by atoms with E-state index in [0.29, 0.717) is 25.1 Å². The van der Waals surface area contributed by atoms with Crippen molar-refractivity contribution in [3.05, 3.63) is 36.4 Å². The Balaban J connectivity index is 2.09. The Morgan fingerprint density at radius 1 is 1.29 bits per heavy atom. The number of hydrogen-bond acceptors (Lipinski definition) is 3. The van der Waals surface area contributed by atoms with Gasteiger partial charge in [-0.15, -0.1) is 6.58 Å². The van der Waals surface area contributed by atoms with Gasteiger partial charge in [0.1, 0.15) is 6.04 Å². The molecule has 28 heavy (non-hydrogen) atoms. The van der Waals surface area contributed by atoms with E-state index in [2.05, 4.69) is 17.2 Å². The number of carbonyl (C=O) groups excluding carboxylic acids is 3. The Hall–Kier alpha value is -2.63. The SMILES string of the molecule is C=CCCCC(=O)N[C@H](C(=O)Nc1ccc2c(c1)N(C(C)=O)CCC2)C(C)C. The van der Waals surface area contributed by atoms with Crippen LogP contribution in [0.25, 0.3) is 0 Å². The van der Waals surface area contributed by atoms with Crippen molar-refractivity contribution in [2.75, 3.05) is 16.8 Å². The van der Waals surface area contributed by atoms with Crippen LogP contribution in [0.15, 0.2) is 30.9 Å². The molecule has 0 saturated heterocycles. The van der Waals surface area contributed by atoms with Gasteiger partial charge in [-0.25, -0.2) is 0 Å². The maximum absolute atomic E-state index is 12.8. The normalized spacial score (nSPS) is 14.2. The van der Waals surface area contributed by atoms with Crippen LogP contribution in [0.1, 0.15) is 52.0 Å². The summed E-state index contributed by atoms with van der Waals surface area (Å²) >= 11 is 0. The number of anilines is 2. The largest absolute Gasteiger partial charge is 0.344 e. The number of hydrogen-bond donors (Lipinski definition) is 2. The fourth-order valence-electron chi connectivity index (χ4n) is 3.39. The Bertz CT molecular complexity index is 743. The second-order valence-corrected chi connectivity index (χ2v) is 7.58. The Morgan fingerprint density at radius 2 is 2.04 bits per heavy atom. The Morgan fingerprint density at radius 3 is 2.68 bits per heavy atom. The zero-order valence-corrected chi connectivity index (χ0v) is 17.1. The Kier molecular flexibility index (Phi) is 7.79. The predicted octanol–water partition coefficient (Wildman–Crippen LogP) is 3.42. The number of nitrogens with zero attached hydrogens (tertiary/aromatic N) is 1. The van der Waals surface area contributed by atoms with Gasteiger partial charge in [0.25, 0.3) is 0 Å². The summed E-state index contributed by atoms with van der Waals surface area (Å²) in [6.07, 6.45) is 5.49. The maximum atomic E-state index is 12.8. The summed E-state index contributed by atoms with van der Waals surface area (Å²) in [5.41, 5.74) is 2.59. The number of carbonyl (C=O) groups is 3. The second kappa shape index (κ2) is 10.1. The molecule has 0 spiro atoms. The first-order chi connectivity index (χ1) is 13.3. The van der Waals surface area contributed by atoms with Gasteiger partial charge in [-0.1, -0.05) is 26.0 Å². The summed E-state index contributed by atoms with van der Waals surface area (Å²) in [4.78, 5) is 38.6. The average Bonchev–Trinajstić information content (AvgIpc) is 2.65. The molecule has 0 aromatic heterocycles. The molecule has 0 unspecified atom stereocenters. The molecule has 1 aromatic carbocycles. The molecule has 6 heteroatoms. The van der Waals surface area contributed by atoms with E-state index in [1.807, 2.05) is 32.0 Å². The predicted molar refractivity (Wildman–Crippen MR) is 112 cm³/mol. The zero-order chi connectivity index (χ0) is 20.7. The quantitative estimate of drug-likeness (QED) is 0.532. The molecule has 0 saturated carbocycles. The summed E-state index contributed by atoms with van der Waals surface area (Å²) in [5, 5.41) is 5.73. The summed E-state index contributed by atoms with van der Waals surface area (Å²) in [6, 6.07) is 5.04. The first-order valence-electron chi connectivity index (χ1n) is 9.95. The van der Waals surface area contributed by atoms with Crippen molar-refractivity contribution in [3.63, 3.8) is 0 Å². The lowest BCUT2D eigenvalue weighted by atomic mass is 10.00. The van der Waals surface area contributed by atoms with E-state index >= 15 is 0 Å². The van der Waals surface area contributed by atoms with E-state index in [0.717, 1.165) is 30.5 Å². The van der Waals surface area contributed by atoms with Crippen LogP contribution < -0.4 is 15.5 Å². The maximum Gasteiger partial charge on any atom is 0.247 e. The topological polar surface area (TPSA) is 78.5 Å². The molecular weight excluding hydrogens is 354 g/mol. The van der Waals surface area contributed by atoms with Gasteiger partial charge < -0.3 is 15.5 Å². The van der Waals surface area contributed by atoms with Crippen molar-refractivity contribution in [2.45, 2.75) is 58.9 Å². The third-order valence-corrected chi connectivity index (χ3v) is 4.93. The first kappa shape index (κ1) is 21.7. The summed E-state index contributed by atoms with van der Waals surface area (Å²) < 4.78 is 0. The fourth-order valence-corrected chi connectivity index (χ4v) is 3.39. The third kappa shape index (κ3) is 5.68. The van der Waals surface area contributed by atoms with Gasteiger partial charge in [0, 0.05) is 31.3 Å². The van der Waals surface area contributed by atoms with Gasteiger partial charge in [0.15, 0.2) is 0 Å². The molecule has 6 nitrogen and oxygen atoms in total. The van der Waals surface area contributed by atoms with E-state index in [4.69, 9.17) is 0 Å². The molecule has 1 aromatic rings. The van der Waals surface area contributed by atoms with Gasteiger partial charge in [0.2, 0.25) is 17.7 Å². The van der Waals surface area contributed by atoms with Crippen LogP contribution in [-0.4, -0.2) is 30.3 Å². The number of unbranched alkanes of at least 4 members (excludes halogenated alkanes) is 1. The van der Waals surface area contributed by atoms with Crippen LogP contribution in [0.2, 0.25) is 0 Å². The van der Waals surface area contributed by atoms with E-state index in [1.165, 1.54) is 0 Å². The van der Waals surface area contributed by atoms with Gasteiger partial charge in [-0.05, 0) is 49.3 Å². The van der Waals surface area contributed by atoms with Crippen molar-refractivity contribution >= 4 is 29.1 Å². The molecule has 0 aliphatic carbocycles. The van der Waals surface area contributed by atoms with Crippen LogP contribution >= 0.6 is 0 Å². The zero-order valence-electron chi connectivity index (χ0n) is 17.1. The van der Waals surface area contributed by atoms with E-state index in [1.54, 1.807) is 17.9 Å². The minimum atomic E-state index is -0.615. The molecular formula is C22H31N3O3. The number of nitrogens with one attached hydrogen (secondary N) is 2. The lowest BCUT2D eigenvalue weighted by Crippen LogP contribution is -2.47. The number of amides is 3. The lowest BCUT2D eigenvalue weighted by molar-refractivity contribution is -0.127. The molecule has 3 amide bonds. The number of rotatable bonds is 8. The van der Waals surface area contributed by atoms with Crippen molar-refractivity contribution in [2.24, 2.45) is 5.92 Å². The van der Waals surface area contributed by atoms with Crippen LogP contribution in [0.4, 0.5) is 11.4 Å². The summed E-state index contributed by atoms with van der Waals surface area (Å²) in [6.45, 7) is 9.69. The van der Waals surface area contributed by atoms with Crippen LogP contribution in [0, 0.1) is 5.92 Å². The summed E-state index contributed by atoms with van der Waals surface area (Å²) in [5.74, 6) is -0.438. The molecule has 152 valence electrons. The number of benzene rings is 1. The molecule has 1 heterocycles. The van der Waals surface area contributed by atoms with Gasteiger partial charge in [-0.2, -0.15) is 0 Å². The van der Waals surface area contributed by atoms with E-state index < -0.39 is 6.04 Å². The van der Waals surface area contributed by atoms with Gasteiger partial charge >= 0.3 is 0 Å². The monoisotopic (exact) mass is 385 g/mol. The van der Waals surface area contributed by atoms with Crippen molar-refractivity contribution in [1.82, 2.24) is 5.32 Å². The molecule has 0 radical (unpaired) electrons. The molecule has 0 bridgehead atoms. The van der Waals surface area contributed by atoms with E-state index in [9.17, 15) is 14.4 Å². The van der Waals surface area contributed by atoms with Crippen LogP contribution in [0.5, 0.6) is 0 Å². The van der Waals surface area contributed by atoms with Gasteiger partial charge in [-0.3, -0.25) is 14.4 Å². The molecule has 0 fully saturated rings. The Labute approximate surface area is 167 Å². The minimum absolute atomic E-state index is 0.00345. The summed E-state index contributed by atoms with van der Waals surface area (Å²) in [7, 11) is 0. The molecule has 2 N–H and O–H groups in total. The second-order valence-electron chi connectivity index (χ2n) is 7.58. The highest BCUT2D eigenvalue weighted by molar-refractivity contribution is 5.99. The molecule has 1 aliphatic rings. The van der Waals surface area contributed by atoms with Crippen LogP contribution in [0.3, 0.4) is 0 Å². The number of aryl methyl sites for hydroxylation is 1. The van der Waals surface area contributed by atoms with E-state index in [-0.39, 0.29) is 23.6 Å². The molecule has 1 atom stereocenters. The van der Waals surface area contributed by atoms with Crippen LogP contribution in [-0.2, 0) is 20.8 Å². The lowest BCUT2D eigenvalue weighted by Gasteiger charge is -2.29. The van der Waals surface area contributed by atoms with Crippen molar-refractivity contribution in [3.8, 4) is 0 Å². The smallest absolute Gasteiger partial charge is 0.247 e. The average molecular weight is 386 g/mol. The fraction of sp³-hybridized carbons (Fsp3) is 0.500. The first-order valence-corrected chi connectivity index (χ1v) is 9.95. The third-order valence-electron chi connectivity index (χ3n) is 4.93. The van der Waals surface area contributed by atoms with Crippen molar-refractivity contribution in [1.29, 1.82) is 0 Å². The minimum Gasteiger partial charge on any atom is -0.344 e. The number of fused-ring (bicyclic) bond motifs is 1.